The van der Waals surface area contributed by atoms with Crippen LogP contribution in [0.4, 0.5) is 4.79 Å². The maximum atomic E-state index is 13.4. The molecule has 164 valence electrons. The highest BCUT2D eigenvalue weighted by Crippen LogP contribution is 2.29. The van der Waals surface area contributed by atoms with E-state index in [0.29, 0.717) is 11.4 Å². The molecule has 2 aromatic heterocycles. The molecule has 2 N–H and O–H groups in total. The first-order valence-electron chi connectivity index (χ1n) is 9.49. The fourth-order valence-electron chi connectivity index (χ4n) is 3.06. The van der Waals surface area contributed by atoms with E-state index in [1.807, 2.05) is 20.8 Å². The maximum Gasteiger partial charge on any atom is 0.404 e. The van der Waals surface area contributed by atoms with Gasteiger partial charge in [0.05, 0.1) is 10.6 Å². The van der Waals surface area contributed by atoms with E-state index < -0.39 is 27.4 Å². The molecule has 8 nitrogen and oxygen atoms in total. The molecule has 10 heteroatoms. The molecule has 31 heavy (non-hydrogen) atoms. The number of nitrogens with one attached hydrogen (secondary N) is 1. The first-order chi connectivity index (χ1) is 14.5. The molecule has 0 radical (unpaired) electrons. The van der Waals surface area contributed by atoms with E-state index in [0.717, 1.165) is 0 Å². The molecule has 0 aliphatic rings. The van der Waals surface area contributed by atoms with Crippen molar-refractivity contribution in [1.29, 1.82) is 0 Å². The smallest absolute Gasteiger partial charge is 0.404 e. The second-order valence-electron chi connectivity index (χ2n) is 8.09. The van der Waals surface area contributed by atoms with E-state index in [9.17, 15) is 18.3 Å². The zero-order chi connectivity index (χ0) is 22.8. The van der Waals surface area contributed by atoms with Crippen LogP contribution in [0.2, 0.25) is 5.15 Å². The summed E-state index contributed by atoms with van der Waals surface area (Å²) in [5.41, 5.74) is 0.290. The largest absolute Gasteiger partial charge is 0.465 e. The monoisotopic (exact) mass is 462 g/mol. The SMILES string of the molecule is CC(C)(C)C(Cc1cc(S(=O)(=O)c2ccccc2)n(-c2cccnc2Cl)n1)NC(=O)O. The number of carbonyl (C=O) groups is 1. The molecule has 1 aromatic carbocycles. The molecule has 0 aliphatic carbocycles. The predicted octanol–water partition coefficient (Wildman–Crippen LogP) is 3.98. The second-order valence-corrected chi connectivity index (χ2v) is 10.3. The number of hydrogen-bond donors (Lipinski definition) is 2. The molecule has 1 amide bonds. The molecule has 3 aromatic rings. The fourth-order valence-corrected chi connectivity index (χ4v) is 4.68. The number of amides is 1. The molecular formula is C21H23ClN4O4S. The van der Waals surface area contributed by atoms with E-state index in [1.165, 1.54) is 29.1 Å². The highest BCUT2D eigenvalue weighted by molar-refractivity contribution is 7.91. The summed E-state index contributed by atoms with van der Waals surface area (Å²) >= 11 is 6.23. The molecule has 3 rings (SSSR count). The molecule has 0 fully saturated rings. The van der Waals surface area contributed by atoms with Crippen molar-refractivity contribution in [3.05, 3.63) is 65.6 Å². The van der Waals surface area contributed by atoms with E-state index in [1.54, 1.807) is 30.3 Å². The van der Waals surface area contributed by atoms with Crippen LogP contribution in [0, 0.1) is 5.41 Å². The van der Waals surface area contributed by atoms with Gasteiger partial charge in [-0.1, -0.05) is 50.6 Å². The third-order valence-electron chi connectivity index (χ3n) is 4.78. The number of hydrogen-bond acceptors (Lipinski definition) is 5. The van der Waals surface area contributed by atoms with Crippen molar-refractivity contribution in [1.82, 2.24) is 20.1 Å². The molecule has 0 saturated carbocycles. The first-order valence-corrected chi connectivity index (χ1v) is 11.4. The lowest BCUT2D eigenvalue weighted by atomic mass is 9.84. The van der Waals surface area contributed by atoms with Crippen LogP contribution in [0.15, 0.2) is 64.6 Å². The Bertz CT molecular complexity index is 1190. The number of aromatic nitrogens is 3. The van der Waals surface area contributed by atoms with Gasteiger partial charge in [0.2, 0.25) is 9.84 Å². The van der Waals surface area contributed by atoms with E-state index in [-0.39, 0.29) is 21.5 Å². The molecule has 0 bridgehead atoms. The van der Waals surface area contributed by atoms with Crippen LogP contribution in [-0.2, 0) is 16.3 Å². The van der Waals surface area contributed by atoms with Gasteiger partial charge in [-0.2, -0.15) is 5.10 Å². The highest BCUT2D eigenvalue weighted by Gasteiger charge is 2.30. The zero-order valence-corrected chi connectivity index (χ0v) is 18.9. The van der Waals surface area contributed by atoms with Crippen molar-refractivity contribution >= 4 is 27.5 Å². The summed E-state index contributed by atoms with van der Waals surface area (Å²) in [6.07, 6.45) is 0.526. The standard InChI is InChI=1S/C21H23ClN4O4S/c1-21(2,3)17(24-20(27)28)12-14-13-18(31(29,30)15-8-5-4-6-9-15)26(25-14)16-10-7-11-23-19(16)22/h4-11,13,17,24H,12H2,1-3H3,(H,27,28). The zero-order valence-electron chi connectivity index (χ0n) is 17.3. The lowest BCUT2D eigenvalue weighted by Crippen LogP contribution is -2.44. The van der Waals surface area contributed by atoms with Gasteiger partial charge < -0.3 is 10.4 Å². The molecular weight excluding hydrogens is 440 g/mol. The average Bonchev–Trinajstić information content (AvgIpc) is 3.12. The van der Waals surface area contributed by atoms with Crippen LogP contribution in [-0.4, -0.2) is 40.4 Å². The van der Waals surface area contributed by atoms with Crippen LogP contribution in [0.25, 0.3) is 5.69 Å². The van der Waals surface area contributed by atoms with Gasteiger partial charge in [0.25, 0.3) is 0 Å². The Morgan fingerprint density at radius 2 is 1.87 bits per heavy atom. The molecule has 1 atom stereocenters. The minimum Gasteiger partial charge on any atom is -0.465 e. The topological polar surface area (TPSA) is 114 Å². The van der Waals surface area contributed by atoms with Gasteiger partial charge >= 0.3 is 6.09 Å². The van der Waals surface area contributed by atoms with Crippen LogP contribution in [0.5, 0.6) is 0 Å². The number of sulfone groups is 1. The third kappa shape index (κ3) is 5.05. The summed E-state index contributed by atoms with van der Waals surface area (Å²) in [4.78, 5) is 15.4. The number of rotatable bonds is 6. The quantitative estimate of drug-likeness (QED) is 0.535. The van der Waals surface area contributed by atoms with Gasteiger partial charge in [0.15, 0.2) is 10.2 Å². The lowest BCUT2D eigenvalue weighted by Gasteiger charge is -2.29. The van der Waals surface area contributed by atoms with E-state index in [2.05, 4.69) is 15.4 Å². The summed E-state index contributed by atoms with van der Waals surface area (Å²) in [5.74, 6) is 0. The van der Waals surface area contributed by atoms with E-state index >= 15 is 0 Å². The minimum atomic E-state index is -3.93. The number of halogens is 1. The third-order valence-corrected chi connectivity index (χ3v) is 6.81. The molecule has 1 unspecified atom stereocenters. The van der Waals surface area contributed by atoms with Gasteiger partial charge in [-0.3, -0.25) is 0 Å². The van der Waals surface area contributed by atoms with Crippen LogP contribution in [0.1, 0.15) is 26.5 Å². The maximum absolute atomic E-state index is 13.4. The molecule has 2 heterocycles. The van der Waals surface area contributed by atoms with Crippen molar-refractivity contribution in [2.45, 2.75) is 43.2 Å². The summed E-state index contributed by atoms with van der Waals surface area (Å²) in [7, 11) is -3.93. The Labute approximate surface area is 185 Å². The summed E-state index contributed by atoms with van der Waals surface area (Å²) in [6.45, 7) is 5.68. The first kappa shape index (κ1) is 22.8. The van der Waals surface area contributed by atoms with Gasteiger partial charge in [-0.15, -0.1) is 0 Å². The van der Waals surface area contributed by atoms with Crippen molar-refractivity contribution in [2.24, 2.45) is 5.41 Å². The Hall–Kier alpha value is -2.91. The lowest BCUT2D eigenvalue weighted by molar-refractivity contribution is 0.174. The Kier molecular flexibility index (Phi) is 6.38. The normalized spacial score (nSPS) is 13.0. The fraction of sp³-hybridized carbons (Fsp3) is 0.286. The molecule has 0 spiro atoms. The van der Waals surface area contributed by atoms with Crippen LogP contribution >= 0.6 is 11.6 Å². The number of benzene rings is 1. The summed E-state index contributed by atoms with van der Waals surface area (Å²) in [6, 6.07) is 12.2. The predicted molar refractivity (Wildman–Crippen MR) is 116 cm³/mol. The Morgan fingerprint density at radius 1 is 1.19 bits per heavy atom. The van der Waals surface area contributed by atoms with Gasteiger partial charge in [-0.05, 0) is 35.7 Å². The average molecular weight is 463 g/mol. The van der Waals surface area contributed by atoms with Crippen molar-refractivity contribution in [2.75, 3.05) is 0 Å². The van der Waals surface area contributed by atoms with Crippen LogP contribution < -0.4 is 5.32 Å². The Balaban J connectivity index is 2.15. The highest BCUT2D eigenvalue weighted by atomic mass is 35.5. The summed E-state index contributed by atoms with van der Waals surface area (Å²) in [5, 5.41) is 16.2. The van der Waals surface area contributed by atoms with Gasteiger partial charge in [0, 0.05) is 18.7 Å². The number of carboxylic acid groups (broad SMARTS) is 1. The number of pyridine rings is 1. The van der Waals surface area contributed by atoms with Gasteiger partial charge in [-0.25, -0.2) is 22.9 Å². The minimum absolute atomic E-state index is 0.0772. The van der Waals surface area contributed by atoms with E-state index in [4.69, 9.17) is 11.6 Å². The Morgan fingerprint density at radius 3 is 2.45 bits per heavy atom. The summed E-state index contributed by atoms with van der Waals surface area (Å²) < 4.78 is 28.0. The van der Waals surface area contributed by atoms with Crippen molar-refractivity contribution in [3.8, 4) is 5.69 Å². The van der Waals surface area contributed by atoms with Gasteiger partial charge in [0.1, 0.15) is 5.69 Å². The number of nitrogens with zero attached hydrogens (tertiary/aromatic N) is 3. The van der Waals surface area contributed by atoms with Crippen molar-refractivity contribution in [3.63, 3.8) is 0 Å². The molecule has 0 saturated heterocycles. The van der Waals surface area contributed by atoms with Crippen LogP contribution in [0.3, 0.4) is 0 Å². The second kappa shape index (κ2) is 8.68. The van der Waals surface area contributed by atoms with Crippen molar-refractivity contribution < 1.29 is 18.3 Å². The molecule has 0 aliphatic heterocycles.